The van der Waals surface area contributed by atoms with Gasteiger partial charge in [-0.25, -0.2) is 8.98 Å². The number of carboxylic acids is 1. The Morgan fingerprint density at radius 3 is 2.33 bits per heavy atom. The Labute approximate surface area is 133 Å². The van der Waals surface area contributed by atoms with Crippen molar-refractivity contribution in [2.24, 2.45) is 0 Å². The molecule has 1 unspecified atom stereocenters. The van der Waals surface area contributed by atoms with E-state index in [0.717, 1.165) is 6.08 Å². The van der Waals surface area contributed by atoms with Gasteiger partial charge in [0, 0.05) is 5.57 Å². The fourth-order valence-corrected chi connectivity index (χ4v) is 1.22. The molecule has 0 fully saturated rings. The number of carboxylic acid groups (broad SMARTS) is 1. The number of carbonyl (C=O) groups is 1. The average molecular weight is 264 g/mol. The molecule has 0 saturated heterocycles. The number of hydrogen-bond acceptors (Lipinski definition) is 4. The molecule has 0 bridgehead atoms. The van der Waals surface area contributed by atoms with E-state index in [4.69, 9.17) is 9.66 Å². The van der Waals surface area contributed by atoms with Gasteiger partial charge in [-0.05, 0) is 19.4 Å². The molecule has 6 nitrogen and oxygen atoms in total. The molecule has 0 radical (unpaired) electrons. The number of aliphatic carboxylic acids is 1. The Hall–Kier alpha value is 0.716. The van der Waals surface area contributed by atoms with Crippen LogP contribution in [-0.2, 0) is 19.4 Å². The summed E-state index contributed by atoms with van der Waals surface area (Å²) in [4.78, 5) is 10.4. The molecule has 0 spiro atoms. The number of hydrogen-bond donors (Lipinski definition) is 2. The first-order chi connectivity index (χ1) is 6.26. The van der Waals surface area contributed by atoms with E-state index in [1.165, 1.54) is 6.92 Å². The third kappa shape index (κ3) is 9.63. The second-order valence-electron chi connectivity index (χ2n) is 2.63. The second kappa shape index (κ2) is 7.90. The minimum absolute atomic E-state index is 0. The summed E-state index contributed by atoms with van der Waals surface area (Å²) in [5, 5.41) is 8.49. The van der Waals surface area contributed by atoms with Crippen LogP contribution < -0.4 is 51.4 Å². The monoisotopic (exact) mass is 264 g/mol. The summed E-state index contributed by atoms with van der Waals surface area (Å²) in [5.41, 5.74) is -0.0412. The Bertz CT molecular complexity index is 339. The Morgan fingerprint density at radius 1 is 1.60 bits per heavy atom. The topological polar surface area (TPSA) is 101 Å². The average Bonchev–Trinajstić information content (AvgIpc) is 2.00. The number of rotatable bonds is 5. The van der Waals surface area contributed by atoms with Gasteiger partial charge in [-0.15, -0.1) is 0 Å². The van der Waals surface area contributed by atoms with E-state index in [9.17, 15) is 13.2 Å². The first-order valence-electron chi connectivity index (χ1n) is 3.83. The largest absolute Gasteiger partial charge is 1.00 e. The molecular formula is C7H13KO6S. The van der Waals surface area contributed by atoms with Crippen molar-refractivity contribution in [3.8, 4) is 0 Å². The zero-order valence-electron chi connectivity index (χ0n) is 9.80. The Balaban J connectivity index is -0.000000845. The molecule has 8 heteroatoms. The minimum Gasteiger partial charge on any atom is -1.00 e. The molecule has 2 N–H and O–H groups in total. The quantitative estimate of drug-likeness (QED) is 0.330. The fourth-order valence-electron chi connectivity index (χ4n) is 0.720. The fraction of sp³-hybridized carbons (Fsp3) is 0.571. The first kappa shape index (κ1) is 18.1. The smallest absolute Gasteiger partial charge is 1.00 e. The van der Waals surface area contributed by atoms with E-state index in [1.807, 2.05) is 0 Å². The van der Waals surface area contributed by atoms with Gasteiger partial charge in [0.25, 0.3) is 0 Å². The van der Waals surface area contributed by atoms with Gasteiger partial charge in [0.05, 0.1) is 6.10 Å². The summed E-state index contributed by atoms with van der Waals surface area (Å²) >= 11 is 0. The van der Waals surface area contributed by atoms with Gasteiger partial charge >= 0.3 is 67.8 Å². The molecule has 0 rings (SSSR count). The molecular weight excluding hydrogens is 251 g/mol. The van der Waals surface area contributed by atoms with Crippen LogP contribution in [0.15, 0.2) is 11.6 Å². The second-order valence-corrected chi connectivity index (χ2v) is 3.67. The van der Waals surface area contributed by atoms with Crippen LogP contribution in [0.5, 0.6) is 0 Å². The molecule has 0 aliphatic carbocycles. The van der Waals surface area contributed by atoms with E-state index in [0.29, 0.717) is 0 Å². The maximum absolute atomic E-state index is 10.4. The zero-order chi connectivity index (χ0) is 11.4. The summed E-state index contributed by atoms with van der Waals surface area (Å²) in [6.07, 6.45) is 0.404. The molecule has 1 atom stereocenters. The van der Waals surface area contributed by atoms with Crippen molar-refractivity contribution in [3.63, 3.8) is 0 Å². The van der Waals surface area contributed by atoms with Crippen molar-refractivity contribution >= 4 is 16.4 Å². The van der Waals surface area contributed by atoms with Crippen molar-refractivity contribution in [2.75, 3.05) is 0 Å². The van der Waals surface area contributed by atoms with Crippen molar-refractivity contribution in [1.29, 1.82) is 0 Å². The summed E-state index contributed by atoms with van der Waals surface area (Å²) in [5.74, 6) is -1.16. The molecule has 0 saturated carbocycles. The normalized spacial score (nSPS) is 14.2. The third-order valence-electron chi connectivity index (χ3n) is 1.42. The predicted octanol–water partition coefficient (Wildman–Crippen LogP) is -2.27. The SMILES string of the molecule is CCC(C=C(C)C(=O)O)OS(=O)(=O)O.[H-].[K+]. The van der Waals surface area contributed by atoms with Gasteiger partial charge in [0.1, 0.15) is 0 Å². The van der Waals surface area contributed by atoms with Crippen LogP contribution in [-0.4, -0.2) is 30.2 Å². The Kier molecular flexibility index (Phi) is 9.53. The van der Waals surface area contributed by atoms with Crippen molar-refractivity contribution in [3.05, 3.63) is 11.6 Å². The maximum atomic E-state index is 10.4. The molecule has 0 aliphatic rings. The van der Waals surface area contributed by atoms with Crippen LogP contribution in [0.4, 0.5) is 0 Å². The Morgan fingerprint density at radius 2 is 2.07 bits per heavy atom. The molecule has 0 aromatic carbocycles. The van der Waals surface area contributed by atoms with Crippen LogP contribution in [0.1, 0.15) is 21.7 Å². The summed E-state index contributed by atoms with van der Waals surface area (Å²) in [7, 11) is -4.54. The first-order valence-corrected chi connectivity index (χ1v) is 5.20. The van der Waals surface area contributed by atoms with Crippen LogP contribution >= 0.6 is 0 Å². The van der Waals surface area contributed by atoms with Crippen molar-refractivity contribution < 1.29 is 79.9 Å². The molecule has 0 aliphatic heterocycles. The van der Waals surface area contributed by atoms with Gasteiger partial charge in [-0.1, -0.05) is 6.92 Å². The van der Waals surface area contributed by atoms with Crippen LogP contribution in [0, 0.1) is 0 Å². The summed E-state index contributed by atoms with van der Waals surface area (Å²) in [6.45, 7) is 2.90. The predicted molar refractivity (Wildman–Crippen MR) is 49.2 cm³/mol. The van der Waals surface area contributed by atoms with Gasteiger partial charge in [0.2, 0.25) is 0 Å². The molecule has 0 aromatic heterocycles. The van der Waals surface area contributed by atoms with Gasteiger partial charge in [0.15, 0.2) is 0 Å². The summed E-state index contributed by atoms with van der Waals surface area (Å²) < 4.78 is 33.2. The van der Waals surface area contributed by atoms with E-state index in [-0.39, 0.29) is 64.8 Å². The third-order valence-corrected chi connectivity index (χ3v) is 1.91. The van der Waals surface area contributed by atoms with E-state index in [1.54, 1.807) is 6.92 Å². The molecule has 0 aromatic rings. The van der Waals surface area contributed by atoms with E-state index < -0.39 is 22.5 Å². The standard InChI is InChI=1S/C7H12O6S.K.H/c1-3-6(13-14(10,11)12)4-5(2)7(8)9;;/h4,6H,3H2,1-2H3,(H,8,9)(H,10,11,12);;/q;+1;-1. The van der Waals surface area contributed by atoms with E-state index in [2.05, 4.69) is 4.18 Å². The minimum atomic E-state index is -4.54. The van der Waals surface area contributed by atoms with Crippen LogP contribution in [0.25, 0.3) is 0 Å². The van der Waals surface area contributed by atoms with E-state index >= 15 is 0 Å². The van der Waals surface area contributed by atoms with Crippen LogP contribution in [0.2, 0.25) is 0 Å². The maximum Gasteiger partial charge on any atom is 1.00 e. The van der Waals surface area contributed by atoms with Crippen molar-refractivity contribution in [2.45, 2.75) is 26.4 Å². The zero-order valence-corrected chi connectivity index (χ0v) is 12.7. The molecule has 0 amide bonds. The molecule has 84 valence electrons. The van der Waals surface area contributed by atoms with Gasteiger partial charge in [-0.2, -0.15) is 8.42 Å². The van der Waals surface area contributed by atoms with Gasteiger partial charge in [-0.3, -0.25) is 4.55 Å². The van der Waals surface area contributed by atoms with Crippen molar-refractivity contribution in [1.82, 2.24) is 0 Å². The molecule has 0 heterocycles. The summed E-state index contributed by atoms with van der Waals surface area (Å²) in [6, 6.07) is 0. The van der Waals surface area contributed by atoms with Crippen LogP contribution in [0.3, 0.4) is 0 Å². The van der Waals surface area contributed by atoms with Gasteiger partial charge < -0.3 is 6.53 Å². The molecule has 15 heavy (non-hydrogen) atoms.